The van der Waals surface area contributed by atoms with Crippen molar-refractivity contribution in [2.75, 3.05) is 20.3 Å². The Morgan fingerprint density at radius 1 is 1.31 bits per heavy atom. The second-order valence-corrected chi connectivity index (χ2v) is 5.22. The number of hydrogen-bond acceptors (Lipinski definition) is 2. The highest BCUT2D eigenvalue weighted by atomic mass is 16.5. The normalized spacial score (nSPS) is 19.7. The fraction of sp³-hybridized carbons (Fsp3) is 1.00. The van der Waals surface area contributed by atoms with Crippen LogP contribution in [-0.2, 0) is 4.74 Å². The lowest BCUT2D eigenvalue weighted by atomic mass is 9.99. The summed E-state index contributed by atoms with van der Waals surface area (Å²) < 4.78 is 5.29. The molecule has 0 spiro atoms. The molecule has 1 aliphatic rings. The second kappa shape index (κ2) is 8.08. The summed E-state index contributed by atoms with van der Waals surface area (Å²) in [5.41, 5.74) is 0. The van der Waals surface area contributed by atoms with E-state index in [2.05, 4.69) is 19.2 Å². The van der Waals surface area contributed by atoms with Crippen molar-refractivity contribution >= 4 is 0 Å². The van der Waals surface area contributed by atoms with Crippen LogP contribution < -0.4 is 5.32 Å². The summed E-state index contributed by atoms with van der Waals surface area (Å²) in [5.74, 6) is 1.75. The van der Waals surface area contributed by atoms with Gasteiger partial charge in [0.1, 0.15) is 0 Å². The first-order valence-corrected chi connectivity index (χ1v) is 7.04. The van der Waals surface area contributed by atoms with Crippen LogP contribution in [0.1, 0.15) is 52.4 Å². The van der Waals surface area contributed by atoms with Gasteiger partial charge >= 0.3 is 0 Å². The van der Waals surface area contributed by atoms with Gasteiger partial charge in [0.15, 0.2) is 0 Å². The molecule has 1 fully saturated rings. The van der Waals surface area contributed by atoms with E-state index in [1.54, 1.807) is 0 Å². The molecule has 0 aromatic carbocycles. The van der Waals surface area contributed by atoms with E-state index in [1.807, 2.05) is 7.11 Å². The van der Waals surface area contributed by atoms with Crippen LogP contribution in [0.25, 0.3) is 0 Å². The Balaban J connectivity index is 2.17. The van der Waals surface area contributed by atoms with Gasteiger partial charge < -0.3 is 10.1 Å². The Morgan fingerprint density at radius 2 is 2.06 bits per heavy atom. The van der Waals surface area contributed by atoms with Gasteiger partial charge in [-0.05, 0) is 37.6 Å². The summed E-state index contributed by atoms with van der Waals surface area (Å²) in [6.07, 6.45) is 8.17. The van der Waals surface area contributed by atoms with Crippen molar-refractivity contribution in [3.63, 3.8) is 0 Å². The maximum Gasteiger partial charge on any atom is 0.0618 e. The number of nitrogens with one attached hydrogen (secondary N) is 1. The summed E-state index contributed by atoms with van der Waals surface area (Å²) in [6.45, 7) is 6.65. The van der Waals surface area contributed by atoms with Crippen LogP contribution in [0.5, 0.6) is 0 Å². The van der Waals surface area contributed by atoms with Gasteiger partial charge in [-0.1, -0.05) is 33.1 Å². The van der Waals surface area contributed by atoms with Crippen molar-refractivity contribution in [3.05, 3.63) is 0 Å². The van der Waals surface area contributed by atoms with Crippen molar-refractivity contribution in [1.82, 2.24) is 5.32 Å². The fourth-order valence-electron chi connectivity index (χ4n) is 2.30. The van der Waals surface area contributed by atoms with Crippen LogP contribution >= 0.6 is 0 Å². The third-order valence-corrected chi connectivity index (χ3v) is 3.75. The molecular formula is C14H29NO. The Bertz CT molecular complexity index is 168. The molecular weight excluding hydrogens is 198 g/mol. The zero-order valence-corrected chi connectivity index (χ0v) is 11.3. The molecule has 16 heavy (non-hydrogen) atoms. The van der Waals surface area contributed by atoms with Gasteiger partial charge in [0.2, 0.25) is 0 Å². The molecule has 0 aliphatic heterocycles. The zero-order valence-electron chi connectivity index (χ0n) is 11.3. The van der Waals surface area contributed by atoms with Crippen LogP contribution in [0.3, 0.4) is 0 Å². The minimum atomic E-state index is 0.612. The molecule has 96 valence electrons. The lowest BCUT2D eigenvalue weighted by Crippen LogP contribution is -2.38. The van der Waals surface area contributed by atoms with Crippen LogP contribution in [-0.4, -0.2) is 26.3 Å². The average Bonchev–Trinajstić information content (AvgIpc) is 3.11. The Labute approximate surface area is 101 Å². The molecule has 0 saturated heterocycles. The lowest BCUT2D eigenvalue weighted by molar-refractivity contribution is 0.154. The highest BCUT2D eigenvalue weighted by molar-refractivity contribution is 4.86. The Morgan fingerprint density at radius 3 is 2.56 bits per heavy atom. The molecule has 0 heterocycles. The fourth-order valence-corrected chi connectivity index (χ4v) is 2.30. The monoisotopic (exact) mass is 227 g/mol. The van der Waals surface area contributed by atoms with Gasteiger partial charge in [0.05, 0.1) is 6.61 Å². The first kappa shape index (κ1) is 14.0. The topological polar surface area (TPSA) is 21.3 Å². The maximum atomic E-state index is 5.29. The van der Waals surface area contributed by atoms with Gasteiger partial charge in [0, 0.05) is 13.2 Å². The predicted molar refractivity (Wildman–Crippen MR) is 69.7 cm³/mol. The van der Waals surface area contributed by atoms with Crippen LogP contribution in [0, 0.1) is 11.8 Å². The van der Waals surface area contributed by atoms with Crippen LogP contribution in [0.4, 0.5) is 0 Å². The first-order valence-electron chi connectivity index (χ1n) is 7.04. The van der Waals surface area contributed by atoms with Crippen molar-refractivity contribution in [2.45, 2.75) is 58.4 Å². The van der Waals surface area contributed by atoms with Crippen molar-refractivity contribution in [2.24, 2.45) is 11.8 Å². The molecule has 0 bridgehead atoms. The Hall–Kier alpha value is -0.0800. The van der Waals surface area contributed by atoms with Gasteiger partial charge in [0.25, 0.3) is 0 Å². The molecule has 2 nitrogen and oxygen atoms in total. The van der Waals surface area contributed by atoms with Gasteiger partial charge in [-0.3, -0.25) is 0 Å². The van der Waals surface area contributed by atoms with E-state index in [-0.39, 0.29) is 0 Å². The first-order chi connectivity index (χ1) is 7.81. The summed E-state index contributed by atoms with van der Waals surface area (Å²) in [4.78, 5) is 0. The minimum absolute atomic E-state index is 0.612. The number of unbranched alkanes of at least 4 members (excludes halogenated alkanes) is 1. The molecule has 1 aliphatic carbocycles. The quantitative estimate of drug-likeness (QED) is 0.619. The molecule has 1 saturated carbocycles. The van der Waals surface area contributed by atoms with E-state index in [0.717, 1.165) is 18.4 Å². The standard InChI is InChI=1S/C14H29NO/c1-4-6-7-12(5-2)10-15-14(11-16-3)13-8-9-13/h12-15H,4-11H2,1-3H3. The second-order valence-electron chi connectivity index (χ2n) is 5.22. The predicted octanol–water partition coefficient (Wildman–Crippen LogP) is 3.22. The number of methoxy groups -OCH3 is 1. The lowest BCUT2D eigenvalue weighted by Gasteiger charge is -2.21. The molecule has 2 atom stereocenters. The van der Waals surface area contributed by atoms with E-state index in [0.29, 0.717) is 6.04 Å². The minimum Gasteiger partial charge on any atom is -0.383 e. The number of ether oxygens (including phenoxy) is 1. The van der Waals surface area contributed by atoms with Gasteiger partial charge in [-0.15, -0.1) is 0 Å². The zero-order chi connectivity index (χ0) is 11.8. The number of rotatable bonds is 10. The van der Waals surface area contributed by atoms with E-state index in [4.69, 9.17) is 4.74 Å². The van der Waals surface area contributed by atoms with E-state index >= 15 is 0 Å². The molecule has 1 N–H and O–H groups in total. The van der Waals surface area contributed by atoms with Crippen LogP contribution in [0.2, 0.25) is 0 Å². The highest BCUT2D eigenvalue weighted by Gasteiger charge is 2.30. The summed E-state index contributed by atoms with van der Waals surface area (Å²) in [7, 11) is 1.81. The summed E-state index contributed by atoms with van der Waals surface area (Å²) in [5, 5.41) is 3.72. The molecule has 0 amide bonds. The van der Waals surface area contributed by atoms with Crippen LogP contribution in [0.15, 0.2) is 0 Å². The summed E-state index contributed by atoms with van der Waals surface area (Å²) >= 11 is 0. The van der Waals surface area contributed by atoms with Crippen molar-refractivity contribution in [1.29, 1.82) is 0 Å². The van der Waals surface area contributed by atoms with Gasteiger partial charge in [-0.25, -0.2) is 0 Å². The van der Waals surface area contributed by atoms with E-state index < -0.39 is 0 Å². The smallest absolute Gasteiger partial charge is 0.0618 e. The highest BCUT2D eigenvalue weighted by Crippen LogP contribution is 2.32. The third kappa shape index (κ3) is 5.31. The number of hydrogen-bond donors (Lipinski definition) is 1. The molecule has 0 aromatic rings. The third-order valence-electron chi connectivity index (χ3n) is 3.75. The largest absolute Gasteiger partial charge is 0.383 e. The molecule has 1 rings (SSSR count). The molecule has 2 unspecified atom stereocenters. The van der Waals surface area contributed by atoms with Crippen molar-refractivity contribution in [3.8, 4) is 0 Å². The Kier molecular flexibility index (Phi) is 7.06. The maximum absolute atomic E-state index is 5.29. The SMILES string of the molecule is CCCCC(CC)CNC(COC)C1CC1. The van der Waals surface area contributed by atoms with Gasteiger partial charge in [-0.2, -0.15) is 0 Å². The van der Waals surface area contributed by atoms with Crippen molar-refractivity contribution < 1.29 is 4.74 Å². The average molecular weight is 227 g/mol. The van der Waals surface area contributed by atoms with E-state index in [1.165, 1.54) is 45.1 Å². The molecule has 2 heteroatoms. The van der Waals surface area contributed by atoms with E-state index in [9.17, 15) is 0 Å². The molecule has 0 radical (unpaired) electrons. The summed E-state index contributed by atoms with van der Waals surface area (Å²) in [6, 6.07) is 0.612. The molecule has 0 aromatic heterocycles.